The number of nitrogens with zero attached hydrogens (tertiary/aromatic N) is 1. The zero-order valence-corrected chi connectivity index (χ0v) is 12.0. The van der Waals surface area contributed by atoms with E-state index in [2.05, 4.69) is 30.1 Å². The monoisotopic (exact) mass is 261 g/mol. The number of likely N-dealkylation sites (tertiary alicyclic amines) is 1. The van der Waals surface area contributed by atoms with Gasteiger partial charge in [-0.1, -0.05) is 38.1 Å². The van der Waals surface area contributed by atoms with Gasteiger partial charge in [0.25, 0.3) is 0 Å². The van der Waals surface area contributed by atoms with Crippen molar-refractivity contribution in [3.05, 3.63) is 35.4 Å². The molecule has 1 saturated heterocycles. The largest absolute Gasteiger partial charge is 0.481 e. The highest BCUT2D eigenvalue weighted by Crippen LogP contribution is 2.36. The number of carboxylic acids is 1. The van der Waals surface area contributed by atoms with Crippen molar-refractivity contribution in [3.63, 3.8) is 0 Å². The average molecular weight is 261 g/mol. The minimum absolute atomic E-state index is 0.173. The molecule has 0 bridgehead atoms. The number of carbonyl (C=O) groups is 1. The summed E-state index contributed by atoms with van der Waals surface area (Å²) in [6, 6.07) is 8.34. The van der Waals surface area contributed by atoms with Crippen molar-refractivity contribution < 1.29 is 9.90 Å². The van der Waals surface area contributed by atoms with Gasteiger partial charge in [-0.3, -0.25) is 4.79 Å². The van der Waals surface area contributed by atoms with Crippen LogP contribution in [0.2, 0.25) is 0 Å². The van der Waals surface area contributed by atoms with Gasteiger partial charge in [0.05, 0.1) is 6.42 Å². The van der Waals surface area contributed by atoms with E-state index in [1.807, 2.05) is 19.9 Å². The first-order valence-corrected chi connectivity index (χ1v) is 6.90. The molecule has 1 N–H and O–H groups in total. The fourth-order valence-electron chi connectivity index (χ4n) is 3.13. The summed E-state index contributed by atoms with van der Waals surface area (Å²) in [5.41, 5.74) is 2.21. The summed E-state index contributed by atoms with van der Waals surface area (Å²) in [6.07, 6.45) is 1.34. The Balaban J connectivity index is 2.33. The van der Waals surface area contributed by atoms with E-state index in [0.717, 1.165) is 19.5 Å². The summed E-state index contributed by atoms with van der Waals surface area (Å²) in [5, 5.41) is 9.10. The molecule has 1 aliphatic heterocycles. The Kier molecular flexibility index (Phi) is 3.95. The summed E-state index contributed by atoms with van der Waals surface area (Å²) >= 11 is 0. The minimum atomic E-state index is -0.733. The van der Waals surface area contributed by atoms with Crippen molar-refractivity contribution in [2.45, 2.75) is 38.0 Å². The van der Waals surface area contributed by atoms with Crippen LogP contribution in [0.3, 0.4) is 0 Å². The number of benzene rings is 1. The van der Waals surface area contributed by atoms with Gasteiger partial charge in [-0.2, -0.15) is 0 Å². The minimum Gasteiger partial charge on any atom is -0.481 e. The molecule has 1 unspecified atom stereocenters. The lowest BCUT2D eigenvalue weighted by molar-refractivity contribution is -0.138. The number of likely N-dealkylation sites (N-methyl/N-ethyl adjacent to an activating group) is 1. The third-order valence-corrected chi connectivity index (χ3v) is 4.11. The van der Waals surface area contributed by atoms with Gasteiger partial charge in [0.15, 0.2) is 0 Å². The molecule has 0 radical (unpaired) electrons. The summed E-state index contributed by atoms with van der Waals surface area (Å²) in [4.78, 5) is 13.4. The van der Waals surface area contributed by atoms with E-state index in [1.165, 1.54) is 11.1 Å². The molecular weight excluding hydrogens is 238 g/mol. The fourth-order valence-corrected chi connectivity index (χ4v) is 3.13. The van der Waals surface area contributed by atoms with Gasteiger partial charge in [-0.05, 0) is 37.1 Å². The lowest BCUT2D eigenvalue weighted by Crippen LogP contribution is -2.24. The van der Waals surface area contributed by atoms with Crippen LogP contribution in [0.25, 0.3) is 0 Å². The van der Waals surface area contributed by atoms with Gasteiger partial charge in [-0.15, -0.1) is 0 Å². The standard InChI is InChI=1S/C16H23NO2/c1-16(2,10-15(18)19)14-7-5-4-6-13(14)12-8-9-17(3)11-12/h4-7,12H,8-11H2,1-3H3,(H,18,19). The summed E-state index contributed by atoms with van der Waals surface area (Å²) < 4.78 is 0. The molecule has 19 heavy (non-hydrogen) atoms. The lowest BCUT2D eigenvalue weighted by atomic mass is 9.76. The van der Waals surface area contributed by atoms with Crippen LogP contribution in [0, 0.1) is 0 Å². The van der Waals surface area contributed by atoms with E-state index < -0.39 is 5.97 Å². The maximum Gasteiger partial charge on any atom is 0.304 e. The molecule has 1 atom stereocenters. The van der Waals surface area contributed by atoms with Crippen LogP contribution < -0.4 is 0 Å². The van der Waals surface area contributed by atoms with Crippen LogP contribution in [0.15, 0.2) is 24.3 Å². The van der Waals surface area contributed by atoms with Crippen LogP contribution in [0.5, 0.6) is 0 Å². The number of carboxylic acid groups (broad SMARTS) is 1. The van der Waals surface area contributed by atoms with Crippen LogP contribution >= 0.6 is 0 Å². The van der Waals surface area contributed by atoms with E-state index in [1.54, 1.807) is 0 Å². The van der Waals surface area contributed by atoms with E-state index in [0.29, 0.717) is 5.92 Å². The van der Waals surface area contributed by atoms with Crippen LogP contribution in [0.4, 0.5) is 0 Å². The number of rotatable bonds is 4. The molecule has 0 aliphatic carbocycles. The van der Waals surface area contributed by atoms with Crippen molar-refractivity contribution in [1.29, 1.82) is 0 Å². The molecule has 0 saturated carbocycles. The summed E-state index contributed by atoms with van der Waals surface area (Å²) in [5.74, 6) is -0.197. The maximum absolute atomic E-state index is 11.1. The lowest BCUT2D eigenvalue weighted by Gasteiger charge is -2.28. The second-order valence-electron chi connectivity index (χ2n) is 6.29. The first-order chi connectivity index (χ1) is 8.90. The highest BCUT2D eigenvalue weighted by atomic mass is 16.4. The fraction of sp³-hybridized carbons (Fsp3) is 0.562. The van der Waals surface area contributed by atoms with Crippen LogP contribution in [-0.4, -0.2) is 36.1 Å². The zero-order chi connectivity index (χ0) is 14.0. The topological polar surface area (TPSA) is 40.5 Å². The molecule has 2 rings (SSSR count). The normalized spacial score (nSPS) is 20.7. The molecule has 1 heterocycles. The van der Waals surface area contributed by atoms with E-state index in [9.17, 15) is 4.79 Å². The van der Waals surface area contributed by atoms with Crippen molar-refractivity contribution in [3.8, 4) is 0 Å². The predicted molar refractivity (Wildman–Crippen MR) is 76.6 cm³/mol. The van der Waals surface area contributed by atoms with Gasteiger partial charge < -0.3 is 10.0 Å². The number of hydrogen-bond donors (Lipinski definition) is 1. The van der Waals surface area contributed by atoms with Gasteiger partial charge in [-0.25, -0.2) is 0 Å². The molecule has 0 aromatic heterocycles. The maximum atomic E-state index is 11.1. The van der Waals surface area contributed by atoms with Crippen molar-refractivity contribution in [2.75, 3.05) is 20.1 Å². The molecule has 1 aromatic carbocycles. The molecule has 3 heteroatoms. The van der Waals surface area contributed by atoms with Crippen LogP contribution in [0.1, 0.15) is 43.7 Å². The Morgan fingerprint density at radius 3 is 2.68 bits per heavy atom. The van der Waals surface area contributed by atoms with Gasteiger partial charge in [0.2, 0.25) is 0 Å². The van der Waals surface area contributed by atoms with Crippen molar-refractivity contribution in [1.82, 2.24) is 4.90 Å². The van der Waals surface area contributed by atoms with E-state index in [4.69, 9.17) is 5.11 Å². The Morgan fingerprint density at radius 2 is 2.11 bits per heavy atom. The Bertz CT molecular complexity index is 468. The second-order valence-corrected chi connectivity index (χ2v) is 6.29. The molecule has 1 fully saturated rings. The van der Waals surface area contributed by atoms with Crippen molar-refractivity contribution >= 4 is 5.97 Å². The average Bonchev–Trinajstić information content (AvgIpc) is 2.74. The van der Waals surface area contributed by atoms with Gasteiger partial charge in [0, 0.05) is 12.0 Å². The zero-order valence-electron chi connectivity index (χ0n) is 12.0. The Hall–Kier alpha value is -1.35. The van der Waals surface area contributed by atoms with Crippen LogP contribution in [-0.2, 0) is 10.2 Å². The second kappa shape index (κ2) is 5.33. The van der Waals surface area contributed by atoms with E-state index in [-0.39, 0.29) is 11.8 Å². The third-order valence-electron chi connectivity index (χ3n) is 4.11. The van der Waals surface area contributed by atoms with Gasteiger partial charge in [0.1, 0.15) is 0 Å². The SMILES string of the molecule is CN1CCC(c2ccccc2C(C)(C)CC(=O)O)C1. The quantitative estimate of drug-likeness (QED) is 0.906. The number of hydrogen-bond acceptors (Lipinski definition) is 2. The first kappa shape index (κ1) is 14.1. The molecule has 104 valence electrons. The molecule has 1 aliphatic rings. The summed E-state index contributed by atoms with van der Waals surface area (Å²) in [6.45, 7) is 6.25. The Morgan fingerprint density at radius 1 is 1.42 bits per heavy atom. The Labute approximate surface area is 115 Å². The van der Waals surface area contributed by atoms with Gasteiger partial charge >= 0.3 is 5.97 Å². The first-order valence-electron chi connectivity index (χ1n) is 6.90. The summed E-state index contributed by atoms with van der Waals surface area (Å²) in [7, 11) is 2.14. The predicted octanol–water partition coefficient (Wildman–Crippen LogP) is 2.86. The van der Waals surface area contributed by atoms with Crippen molar-refractivity contribution in [2.24, 2.45) is 0 Å². The highest BCUT2D eigenvalue weighted by molar-refractivity contribution is 5.69. The molecule has 1 aromatic rings. The molecular formula is C16H23NO2. The van der Waals surface area contributed by atoms with E-state index >= 15 is 0 Å². The smallest absolute Gasteiger partial charge is 0.304 e. The number of aliphatic carboxylic acids is 1. The highest BCUT2D eigenvalue weighted by Gasteiger charge is 2.30. The molecule has 0 amide bonds. The third kappa shape index (κ3) is 3.16. The molecule has 0 spiro atoms. The molecule has 3 nitrogen and oxygen atoms in total.